The number of ether oxygens (including phenoxy) is 2. The van der Waals surface area contributed by atoms with Crippen molar-refractivity contribution in [3.63, 3.8) is 0 Å². The molecule has 9 nitrogen and oxygen atoms in total. The molecule has 1 saturated carbocycles. The normalized spacial score (nSPS) is 18.8. The van der Waals surface area contributed by atoms with Crippen molar-refractivity contribution < 1.29 is 23.3 Å². The fraction of sp³-hybridized carbons (Fsp3) is 0.692. The smallest absolute Gasteiger partial charge is 0.248 e. The van der Waals surface area contributed by atoms with Gasteiger partial charge in [0.25, 0.3) is 0 Å². The third-order valence-electron chi connectivity index (χ3n) is 6.53. The lowest BCUT2D eigenvalue weighted by Gasteiger charge is -2.32. The van der Waals surface area contributed by atoms with Crippen molar-refractivity contribution in [2.45, 2.75) is 50.5 Å². The van der Waals surface area contributed by atoms with Crippen LogP contribution < -0.4 is 10.1 Å². The monoisotopic (exact) mass is 524 g/mol. The summed E-state index contributed by atoms with van der Waals surface area (Å²) in [4.78, 5) is 28.9. The van der Waals surface area contributed by atoms with E-state index in [-0.39, 0.29) is 24.5 Å². The molecular weight excluding hydrogens is 480 g/mol. The zero-order valence-electron chi connectivity index (χ0n) is 23.0. The quantitative estimate of drug-likeness (QED) is 0.397. The van der Waals surface area contributed by atoms with Crippen LogP contribution in [-0.4, -0.2) is 104 Å². The van der Waals surface area contributed by atoms with Crippen molar-refractivity contribution in [3.05, 3.63) is 23.3 Å². The first-order chi connectivity index (χ1) is 17.0. The number of benzene rings is 1. The third kappa shape index (κ3) is 9.46. The highest BCUT2D eigenvalue weighted by Crippen LogP contribution is 2.26. The molecule has 1 aromatic rings. The molecule has 0 saturated heterocycles. The Morgan fingerprint density at radius 2 is 1.67 bits per heavy atom. The van der Waals surface area contributed by atoms with Crippen LogP contribution in [0, 0.1) is 19.8 Å². The number of carbonyl (C=O) groups excluding carboxylic acids is 2. The van der Waals surface area contributed by atoms with Crippen LogP contribution in [0.15, 0.2) is 17.0 Å². The lowest BCUT2D eigenvalue weighted by Crippen LogP contribution is -2.43. The molecule has 2 amide bonds. The van der Waals surface area contributed by atoms with Gasteiger partial charge in [-0.15, -0.1) is 0 Å². The molecule has 0 aromatic heterocycles. The summed E-state index contributed by atoms with van der Waals surface area (Å²) < 4.78 is 25.6. The van der Waals surface area contributed by atoms with Crippen molar-refractivity contribution in [1.29, 1.82) is 0 Å². The first kappa shape index (κ1) is 30.2. The van der Waals surface area contributed by atoms with Crippen molar-refractivity contribution >= 4 is 22.8 Å². The molecule has 0 radical (unpaired) electrons. The summed E-state index contributed by atoms with van der Waals surface area (Å²) in [5, 5.41) is 3.11. The number of hydrogen-bond donors (Lipinski definition) is 1. The molecule has 10 heteroatoms. The number of nitrogens with one attached hydrogen (secondary N) is 1. The Morgan fingerprint density at radius 1 is 1.06 bits per heavy atom. The molecule has 0 spiro atoms. The molecule has 1 fully saturated rings. The molecule has 2 rings (SSSR count). The van der Waals surface area contributed by atoms with Gasteiger partial charge in [0.2, 0.25) is 11.8 Å². The van der Waals surface area contributed by atoms with Crippen LogP contribution in [0.5, 0.6) is 5.75 Å². The Bertz CT molecular complexity index is 879. The second-order valence-corrected chi connectivity index (χ2v) is 11.6. The second-order valence-electron chi connectivity index (χ2n) is 10.0. The Kier molecular flexibility index (Phi) is 12.3. The van der Waals surface area contributed by atoms with Gasteiger partial charge in [0.15, 0.2) is 0 Å². The topological polar surface area (TPSA) is 91.4 Å². The van der Waals surface area contributed by atoms with Gasteiger partial charge < -0.3 is 24.6 Å². The zero-order valence-corrected chi connectivity index (χ0v) is 23.8. The number of methoxy groups -OCH3 is 1. The van der Waals surface area contributed by atoms with E-state index in [1.807, 2.05) is 52.0 Å². The van der Waals surface area contributed by atoms with Gasteiger partial charge in [0.1, 0.15) is 23.3 Å². The van der Waals surface area contributed by atoms with Crippen LogP contribution >= 0.6 is 0 Å². The molecular formula is C26H44N4O5S. The molecule has 1 N–H and O–H groups in total. The summed E-state index contributed by atoms with van der Waals surface area (Å²) in [7, 11) is 7.66. The highest BCUT2D eigenvalue weighted by molar-refractivity contribution is 7.82. The predicted octanol–water partition coefficient (Wildman–Crippen LogP) is 1.98. The van der Waals surface area contributed by atoms with Gasteiger partial charge >= 0.3 is 0 Å². The molecule has 1 unspecified atom stereocenters. The largest absolute Gasteiger partial charge is 0.497 e. The molecule has 1 atom stereocenters. The fourth-order valence-corrected chi connectivity index (χ4v) is 5.77. The Labute approximate surface area is 219 Å². The summed E-state index contributed by atoms with van der Waals surface area (Å²) in [5.41, 5.74) is 1.83. The number of amides is 2. The lowest BCUT2D eigenvalue weighted by molar-refractivity contribution is -0.135. The van der Waals surface area contributed by atoms with Crippen molar-refractivity contribution in [3.8, 4) is 5.75 Å². The fourth-order valence-electron chi connectivity index (χ4n) is 4.54. The van der Waals surface area contributed by atoms with Crippen LogP contribution in [0.3, 0.4) is 0 Å². The molecule has 1 aromatic carbocycles. The summed E-state index contributed by atoms with van der Waals surface area (Å²) in [6.45, 7) is 5.72. The Hall–Kier alpha value is -2.01. The van der Waals surface area contributed by atoms with Crippen LogP contribution in [0.2, 0.25) is 0 Å². The highest BCUT2D eigenvalue weighted by atomic mass is 32.2. The first-order valence-electron chi connectivity index (χ1n) is 12.6. The van der Waals surface area contributed by atoms with E-state index in [4.69, 9.17) is 9.47 Å². The summed E-state index contributed by atoms with van der Waals surface area (Å²) in [6.07, 6.45) is 3.87. The van der Waals surface area contributed by atoms with Crippen LogP contribution in [0.25, 0.3) is 0 Å². The highest BCUT2D eigenvalue weighted by Gasteiger charge is 2.25. The SMILES string of the molecule is COc1cc(C)c(S(=O)N(C)CCOCC(=O)N(C)CC2CCC(NC(=O)CN(C)C)CC2)c(C)c1. The minimum Gasteiger partial charge on any atom is -0.497 e. The summed E-state index contributed by atoms with van der Waals surface area (Å²) >= 11 is 0. The lowest BCUT2D eigenvalue weighted by atomic mass is 9.85. The molecule has 0 aliphatic heterocycles. The molecule has 0 heterocycles. The first-order valence-corrected chi connectivity index (χ1v) is 13.7. The minimum atomic E-state index is -1.33. The van der Waals surface area contributed by atoms with Gasteiger partial charge in [-0.3, -0.25) is 9.59 Å². The van der Waals surface area contributed by atoms with Crippen molar-refractivity contribution in [2.75, 3.05) is 68.1 Å². The van der Waals surface area contributed by atoms with Gasteiger partial charge in [-0.05, 0) is 82.8 Å². The Balaban J connectivity index is 1.68. The van der Waals surface area contributed by atoms with Crippen LogP contribution in [0.4, 0.5) is 0 Å². The summed E-state index contributed by atoms with van der Waals surface area (Å²) in [6, 6.07) is 3.99. The standard InChI is InChI=1S/C26H44N4O5S/c1-19-14-23(34-7)15-20(2)26(19)36(33)30(6)12-13-35-18-25(32)29(5)16-21-8-10-22(11-9-21)27-24(31)17-28(3)4/h14-15,21-22H,8-13,16-18H2,1-7H3,(H,27,31). The van der Waals surface area contributed by atoms with Crippen LogP contribution in [-0.2, 0) is 25.3 Å². The van der Waals surface area contributed by atoms with Crippen molar-refractivity contribution in [1.82, 2.24) is 19.4 Å². The van der Waals surface area contributed by atoms with E-state index in [1.54, 1.807) is 23.4 Å². The number of rotatable bonds is 13. The van der Waals surface area contributed by atoms with E-state index in [9.17, 15) is 13.8 Å². The number of hydrogen-bond acceptors (Lipinski definition) is 6. The number of likely N-dealkylation sites (N-methyl/N-ethyl adjacent to an activating group) is 3. The zero-order chi connectivity index (χ0) is 26.8. The van der Waals surface area contributed by atoms with Crippen LogP contribution in [0.1, 0.15) is 36.8 Å². The van der Waals surface area contributed by atoms with Gasteiger partial charge in [0.05, 0.1) is 25.2 Å². The second kappa shape index (κ2) is 14.7. The van der Waals surface area contributed by atoms with E-state index in [1.165, 1.54) is 0 Å². The molecule has 36 heavy (non-hydrogen) atoms. The molecule has 1 aliphatic rings. The van der Waals surface area contributed by atoms with E-state index < -0.39 is 11.0 Å². The van der Waals surface area contributed by atoms with Gasteiger partial charge in [-0.2, -0.15) is 0 Å². The van der Waals surface area contributed by atoms with Gasteiger partial charge in [-0.1, -0.05) is 0 Å². The van der Waals surface area contributed by atoms with E-state index in [0.717, 1.165) is 47.5 Å². The average Bonchev–Trinajstić information content (AvgIpc) is 2.81. The van der Waals surface area contributed by atoms with E-state index >= 15 is 0 Å². The van der Waals surface area contributed by atoms with Crippen molar-refractivity contribution in [2.24, 2.45) is 5.92 Å². The molecule has 204 valence electrons. The number of carbonyl (C=O) groups is 2. The minimum absolute atomic E-state index is 0.00744. The predicted molar refractivity (Wildman–Crippen MR) is 142 cm³/mol. The van der Waals surface area contributed by atoms with Gasteiger partial charge in [0, 0.05) is 33.2 Å². The summed E-state index contributed by atoms with van der Waals surface area (Å²) in [5.74, 6) is 1.20. The third-order valence-corrected chi connectivity index (χ3v) is 8.27. The maximum absolute atomic E-state index is 13.0. The van der Waals surface area contributed by atoms with E-state index in [0.29, 0.717) is 32.2 Å². The molecule has 0 bridgehead atoms. The Morgan fingerprint density at radius 3 is 2.22 bits per heavy atom. The maximum Gasteiger partial charge on any atom is 0.248 e. The maximum atomic E-state index is 13.0. The molecule has 1 aliphatic carbocycles. The van der Waals surface area contributed by atoms with Gasteiger partial charge in [-0.25, -0.2) is 8.51 Å². The van der Waals surface area contributed by atoms with E-state index in [2.05, 4.69) is 5.32 Å². The average molecular weight is 525 g/mol. The number of nitrogens with zero attached hydrogens (tertiary/aromatic N) is 3. The number of aryl methyl sites for hydroxylation is 2.